The second-order valence-corrected chi connectivity index (χ2v) is 8.28. The minimum absolute atomic E-state index is 0.276. The molecule has 0 aliphatic carbocycles. The van der Waals surface area contributed by atoms with E-state index in [0.29, 0.717) is 16.4 Å². The van der Waals surface area contributed by atoms with Gasteiger partial charge in [0, 0.05) is 10.7 Å². The Labute approximate surface area is 164 Å². The second-order valence-electron chi connectivity index (χ2n) is 5.98. The zero-order chi connectivity index (χ0) is 20.0. The van der Waals surface area contributed by atoms with Crippen molar-refractivity contribution in [3.8, 4) is 6.07 Å². The number of amides is 1. The number of nitrogens with zero attached hydrogens (tertiary/aromatic N) is 2. The normalized spacial score (nSPS) is 12.1. The van der Waals surface area contributed by atoms with E-state index in [4.69, 9.17) is 16.9 Å². The molecule has 0 saturated carbocycles. The minimum atomic E-state index is -3.72. The van der Waals surface area contributed by atoms with Crippen molar-refractivity contribution >= 4 is 38.9 Å². The van der Waals surface area contributed by atoms with Crippen molar-refractivity contribution in [2.45, 2.75) is 25.8 Å². The first-order chi connectivity index (χ1) is 12.8. The molecule has 2 aromatic rings. The monoisotopic (exact) mass is 405 g/mol. The first-order valence-electron chi connectivity index (χ1n) is 8.28. The lowest BCUT2D eigenvalue weighted by Gasteiger charge is -2.30. The molecule has 0 aliphatic rings. The molecule has 0 aliphatic heterocycles. The fourth-order valence-electron chi connectivity index (χ4n) is 2.70. The maximum Gasteiger partial charge on any atom is 0.248 e. The van der Waals surface area contributed by atoms with Crippen LogP contribution in [0.5, 0.6) is 0 Å². The van der Waals surface area contributed by atoms with Crippen LogP contribution in [0.3, 0.4) is 0 Å². The molecule has 0 heterocycles. The van der Waals surface area contributed by atoms with Gasteiger partial charge < -0.3 is 5.32 Å². The molecule has 6 nitrogen and oxygen atoms in total. The Morgan fingerprint density at radius 2 is 1.93 bits per heavy atom. The Kier molecular flexibility index (Phi) is 6.83. The summed E-state index contributed by atoms with van der Waals surface area (Å²) < 4.78 is 25.9. The molecule has 27 heavy (non-hydrogen) atoms. The number of rotatable bonds is 7. The summed E-state index contributed by atoms with van der Waals surface area (Å²) in [5.74, 6) is -0.448. The lowest BCUT2D eigenvalue weighted by molar-refractivity contribution is -0.117. The number of hydrogen-bond donors (Lipinski definition) is 1. The average molecular weight is 406 g/mol. The molecule has 0 aromatic heterocycles. The Morgan fingerprint density at radius 3 is 2.44 bits per heavy atom. The van der Waals surface area contributed by atoms with Gasteiger partial charge in [0.1, 0.15) is 6.04 Å². The van der Waals surface area contributed by atoms with Gasteiger partial charge in [-0.2, -0.15) is 5.26 Å². The summed E-state index contributed by atoms with van der Waals surface area (Å²) in [4.78, 5) is 12.8. The van der Waals surface area contributed by atoms with E-state index < -0.39 is 22.0 Å². The molecular weight excluding hydrogens is 386 g/mol. The highest BCUT2D eigenvalue weighted by Crippen LogP contribution is 2.26. The molecule has 2 rings (SSSR count). The van der Waals surface area contributed by atoms with Crippen LogP contribution in [-0.2, 0) is 21.2 Å². The fraction of sp³-hybridized carbons (Fsp3) is 0.263. The van der Waals surface area contributed by atoms with Crippen molar-refractivity contribution in [3.63, 3.8) is 0 Å². The molecule has 0 bridgehead atoms. The van der Waals surface area contributed by atoms with Gasteiger partial charge in [0.05, 0.1) is 24.4 Å². The Bertz CT molecular complexity index is 953. The minimum Gasteiger partial charge on any atom is -0.324 e. The summed E-state index contributed by atoms with van der Waals surface area (Å²) in [5, 5.41) is 11.8. The number of nitriles is 1. The number of benzene rings is 2. The van der Waals surface area contributed by atoms with Crippen molar-refractivity contribution in [2.75, 3.05) is 15.9 Å². The van der Waals surface area contributed by atoms with Gasteiger partial charge >= 0.3 is 0 Å². The first kappa shape index (κ1) is 20.7. The quantitative estimate of drug-likeness (QED) is 0.762. The molecule has 0 fully saturated rings. The molecule has 1 unspecified atom stereocenters. The molecule has 0 spiro atoms. The second kappa shape index (κ2) is 8.89. The molecule has 0 radical (unpaired) electrons. The zero-order valence-corrected chi connectivity index (χ0v) is 16.6. The predicted molar refractivity (Wildman–Crippen MR) is 107 cm³/mol. The smallest absolute Gasteiger partial charge is 0.248 e. The third-order valence-electron chi connectivity index (χ3n) is 3.90. The van der Waals surface area contributed by atoms with E-state index in [1.807, 2.05) is 0 Å². The van der Waals surface area contributed by atoms with E-state index in [0.717, 1.165) is 16.1 Å². The van der Waals surface area contributed by atoms with Gasteiger partial charge in [-0.05, 0) is 42.3 Å². The summed E-state index contributed by atoms with van der Waals surface area (Å²) in [6, 6.07) is 14.3. The van der Waals surface area contributed by atoms with Crippen molar-refractivity contribution in [1.82, 2.24) is 0 Å². The van der Waals surface area contributed by atoms with Gasteiger partial charge in [-0.15, -0.1) is 0 Å². The van der Waals surface area contributed by atoms with Crippen LogP contribution in [0, 0.1) is 11.3 Å². The third kappa shape index (κ3) is 5.46. The molecule has 1 N–H and O–H groups in total. The average Bonchev–Trinajstić information content (AvgIpc) is 2.60. The van der Waals surface area contributed by atoms with Gasteiger partial charge in [0.15, 0.2) is 0 Å². The standard InChI is InChI=1S/C19H20ClN3O3S/c1-3-18(19(24)22-16-9-7-14(8-10-16)11-12-21)23(27(2,25)26)17-6-4-5-15(20)13-17/h4-10,13,18H,3,11H2,1-2H3,(H,22,24). The number of carbonyl (C=O) groups excluding carboxylic acids is 1. The van der Waals surface area contributed by atoms with E-state index in [1.165, 1.54) is 6.07 Å². The van der Waals surface area contributed by atoms with E-state index in [2.05, 4.69) is 11.4 Å². The molecule has 142 valence electrons. The Morgan fingerprint density at radius 1 is 1.26 bits per heavy atom. The summed E-state index contributed by atoms with van der Waals surface area (Å²) in [6.45, 7) is 1.74. The van der Waals surface area contributed by atoms with Gasteiger partial charge in [-0.1, -0.05) is 36.7 Å². The highest BCUT2D eigenvalue weighted by atomic mass is 35.5. The van der Waals surface area contributed by atoms with Crippen LogP contribution in [0.1, 0.15) is 18.9 Å². The Hall–Kier alpha value is -2.56. The maximum atomic E-state index is 12.8. The maximum absolute atomic E-state index is 12.8. The van der Waals surface area contributed by atoms with Crippen molar-refractivity contribution in [2.24, 2.45) is 0 Å². The van der Waals surface area contributed by atoms with Crippen LogP contribution in [-0.4, -0.2) is 26.6 Å². The molecule has 0 saturated heterocycles. The van der Waals surface area contributed by atoms with Crippen LogP contribution >= 0.6 is 11.6 Å². The summed E-state index contributed by atoms with van der Waals surface area (Å²) in [5.41, 5.74) is 1.69. The number of sulfonamides is 1. The fourth-order valence-corrected chi connectivity index (χ4v) is 4.08. The van der Waals surface area contributed by atoms with Gasteiger partial charge in [-0.25, -0.2) is 8.42 Å². The molecular formula is C19H20ClN3O3S. The lowest BCUT2D eigenvalue weighted by Crippen LogP contribution is -2.47. The molecule has 1 atom stereocenters. The van der Waals surface area contributed by atoms with Crippen molar-refractivity contribution in [3.05, 3.63) is 59.1 Å². The van der Waals surface area contributed by atoms with Gasteiger partial charge in [0.2, 0.25) is 15.9 Å². The zero-order valence-electron chi connectivity index (χ0n) is 15.0. The number of halogens is 1. The Balaban J connectivity index is 2.30. The van der Waals surface area contributed by atoms with Gasteiger partial charge in [-0.3, -0.25) is 9.10 Å². The van der Waals surface area contributed by atoms with Crippen LogP contribution in [0.15, 0.2) is 48.5 Å². The highest BCUT2D eigenvalue weighted by Gasteiger charge is 2.31. The van der Waals surface area contributed by atoms with Gasteiger partial charge in [0.25, 0.3) is 0 Å². The molecule has 8 heteroatoms. The summed E-state index contributed by atoms with van der Waals surface area (Å²) in [6.07, 6.45) is 1.61. The molecule has 2 aromatic carbocycles. The topological polar surface area (TPSA) is 90.3 Å². The van der Waals surface area contributed by atoms with Crippen LogP contribution in [0.2, 0.25) is 5.02 Å². The first-order valence-corrected chi connectivity index (χ1v) is 10.5. The number of carbonyl (C=O) groups is 1. The van der Waals surface area contributed by atoms with E-state index in [-0.39, 0.29) is 12.8 Å². The largest absolute Gasteiger partial charge is 0.324 e. The summed E-state index contributed by atoms with van der Waals surface area (Å²) in [7, 11) is -3.72. The SMILES string of the molecule is CCC(C(=O)Nc1ccc(CC#N)cc1)N(c1cccc(Cl)c1)S(C)(=O)=O. The number of hydrogen-bond acceptors (Lipinski definition) is 4. The van der Waals surface area contributed by atoms with E-state index in [1.54, 1.807) is 49.4 Å². The third-order valence-corrected chi connectivity index (χ3v) is 5.31. The number of nitrogens with one attached hydrogen (secondary N) is 1. The lowest BCUT2D eigenvalue weighted by atomic mass is 10.1. The van der Waals surface area contributed by atoms with Crippen molar-refractivity contribution < 1.29 is 13.2 Å². The van der Waals surface area contributed by atoms with E-state index in [9.17, 15) is 13.2 Å². The number of anilines is 2. The van der Waals surface area contributed by atoms with E-state index >= 15 is 0 Å². The van der Waals surface area contributed by atoms with Crippen molar-refractivity contribution in [1.29, 1.82) is 5.26 Å². The highest BCUT2D eigenvalue weighted by molar-refractivity contribution is 7.92. The molecule has 1 amide bonds. The predicted octanol–water partition coefficient (Wildman–Crippen LogP) is 3.59. The van der Waals surface area contributed by atoms with Crippen LogP contribution < -0.4 is 9.62 Å². The van der Waals surface area contributed by atoms with Crippen LogP contribution in [0.25, 0.3) is 0 Å². The van der Waals surface area contributed by atoms with Crippen LogP contribution in [0.4, 0.5) is 11.4 Å². The summed E-state index contributed by atoms with van der Waals surface area (Å²) >= 11 is 5.99.